The molecule has 0 aliphatic heterocycles. The van der Waals surface area contributed by atoms with Gasteiger partial charge in [-0.3, -0.25) is 0 Å². The minimum atomic E-state index is -0.655. The summed E-state index contributed by atoms with van der Waals surface area (Å²) >= 11 is 0. The molecule has 0 bridgehead atoms. The van der Waals surface area contributed by atoms with E-state index in [2.05, 4.69) is 4.74 Å². The molecule has 0 radical (unpaired) electrons. The van der Waals surface area contributed by atoms with Crippen molar-refractivity contribution < 1.29 is 19.0 Å². The molecule has 4 nitrogen and oxygen atoms in total. The van der Waals surface area contributed by atoms with Crippen molar-refractivity contribution >= 4 is 6.16 Å². The molecule has 0 saturated carbocycles. The monoisotopic (exact) mass is 210 g/mol. The van der Waals surface area contributed by atoms with Gasteiger partial charge in [-0.15, -0.1) is 0 Å². The second-order valence-corrected chi connectivity index (χ2v) is 2.90. The second-order valence-electron chi connectivity index (χ2n) is 2.90. The number of methoxy groups -OCH3 is 2. The van der Waals surface area contributed by atoms with Crippen LogP contribution in [0.15, 0.2) is 24.3 Å². The molecule has 0 atom stereocenters. The minimum Gasteiger partial charge on any atom is -0.497 e. The lowest BCUT2D eigenvalue weighted by Crippen LogP contribution is -2.07. The fourth-order valence-corrected chi connectivity index (χ4v) is 1.14. The molecule has 0 fully saturated rings. The smallest absolute Gasteiger partial charge is 0.497 e. The molecule has 0 aromatic heterocycles. The maximum absolute atomic E-state index is 10.7. The van der Waals surface area contributed by atoms with Crippen LogP contribution >= 0.6 is 0 Å². The zero-order valence-electron chi connectivity index (χ0n) is 8.86. The normalized spacial score (nSPS) is 9.47. The Labute approximate surface area is 88.8 Å². The molecule has 0 unspecified atom stereocenters. The molecule has 0 heterocycles. The first-order valence-electron chi connectivity index (χ1n) is 4.60. The molecular formula is C11H14O4. The van der Waals surface area contributed by atoms with Crippen LogP contribution in [0, 0.1) is 0 Å². The van der Waals surface area contributed by atoms with Crippen molar-refractivity contribution in [3.63, 3.8) is 0 Å². The van der Waals surface area contributed by atoms with Gasteiger partial charge in [-0.05, 0) is 17.7 Å². The third kappa shape index (κ3) is 3.89. The SMILES string of the molecule is COC(=O)OCCc1cccc(OC)c1. The van der Waals surface area contributed by atoms with E-state index in [-0.39, 0.29) is 0 Å². The molecule has 0 amide bonds. The van der Waals surface area contributed by atoms with Crippen LogP contribution < -0.4 is 4.74 Å². The quantitative estimate of drug-likeness (QED) is 0.713. The van der Waals surface area contributed by atoms with Gasteiger partial charge in [0, 0.05) is 6.42 Å². The summed E-state index contributed by atoms with van der Waals surface area (Å²) in [5.41, 5.74) is 1.05. The zero-order chi connectivity index (χ0) is 11.1. The molecule has 0 aliphatic rings. The Morgan fingerprint density at radius 3 is 2.80 bits per heavy atom. The lowest BCUT2D eigenvalue weighted by Gasteiger charge is -2.05. The first-order chi connectivity index (χ1) is 7.26. The highest BCUT2D eigenvalue weighted by Crippen LogP contribution is 2.12. The van der Waals surface area contributed by atoms with E-state index in [0.717, 1.165) is 11.3 Å². The fraction of sp³-hybridized carbons (Fsp3) is 0.364. The van der Waals surface area contributed by atoms with E-state index in [9.17, 15) is 4.79 Å². The number of rotatable bonds is 4. The zero-order valence-corrected chi connectivity index (χ0v) is 8.86. The molecule has 4 heteroatoms. The Bertz CT molecular complexity index is 322. The minimum absolute atomic E-state index is 0.305. The maximum atomic E-state index is 10.7. The Hall–Kier alpha value is -1.71. The lowest BCUT2D eigenvalue weighted by molar-refractivity contribution is 0.0737. The largest absolute Gasteiger partial charge is 0.507 e. The third-order valence-corrected chi connectivity index (χ3v) is 1.91. The van der Waals surface area contributed by atoms with Gasteiger partial charge in [0.1, 0.15) is 5.75 Å². The van der Waals surface area contributed by atoms with Gasteiger partial charge in [-0.1, -0.05) is 12.1 Å². The summed E-state index contributed by atoms with van der Waals surface area (Å²) in [6, 6.07) is 7.61. The van der Waals surface area contributed by atoms with Gasteiger partial charge in [-0.2, -0.15) is 0 Å². The summed E-state index contributed by atoms with van der Waals surface area (Å²) in [6.07, 6.45) is -0.00959. The molecule has 1 aromatic rings. The van der Waals surface area contributed by atoms with E-state index in [0.29, 0.717) is 13.0 Å². The summed E-state index contributed by atoms with van der Waals surface area (Å²) in [5, 5.41) is 0. The number of ether oxygens (including phenoxy) is 3. The molecule has 1 rings (SSSR count). The highest BCUT2D eigenvalue weighted by Gasteiger charge is 2.01. The number of carbonyl (C=O) groups is 1. The summed E-state index contributed by atoms with van der Waals surface area (Å²) in [6.45, 7) is 0.305. The average molecular weight is 210 g/mol. The van der Waals surface area contributed by atoms with Crippen molar-refractivity contribution in [2.24, 2.45) is 0 Å². The van der Waals surface area contributed by atoms with Crippen LogP contribution in [0.4, 0.5) is 4.79 Å². The Morgan fingerprint density at radius 2 is 2.13 bits per heavy atom. The van der Waals surface area contributed by atoms with Gasteiger partial charge in [0.25, 0.3) is 0 Å². The van der Waals surface area contributed by atoms with E-state index in [1.165, 1.54) is 7.11 Å². The van der Waals surface area contributed by atoms with Gasteiger partial charge in [0.05, 0.1) is 20.8 Å². The van der Waals surface area contributed by atoms with Crippen molar-refractivity contribution in [3.8, 4) is 5.75 Å². The molecule has 15 heavy (non-hydrogen) atoms. The Morgan fingerprint density at radius 1 is 1.33 bits per heavy atom. The molecular weight excluding hydrogens is 196 g/mol. The topological polar surface area (TPSA) is 44.8 Å². The first-order valence-corrected chi connectivity index (χ1v) is 4.60. The van der Waals surface area contributed by atoms with Crippen molar-refractivity contribution in [3.05, 3.63) is 29.8 Å². The van der Waals surface area contributed by atoms with Crippen molar-refractivity contribution in [1.29, 1.82) is 0 Å². The standard InChI is InChI=1S/C11H14O4/c1-13-10-5-3-4-9(8-10)6-7-15-11(12)14-2/h3-5,8H,6-7H2,1-2H3. The summed E-state index contributed by atoms with van der Waals surface area (Å²) in [5.74, 6) is 0.797. The molecule has 82 valence electrons. The van der Waals surface area contributed by atoms with Crippen molar-refractivity contribution in [2.45, 2.75) is 6.42 Å². The van der Waals surface area contributed by atoms with Crippen LogP contribution in [0.3, 0.4) is 0 Å². The number of hydrogen-bond acceptors (Lipinski definition) is 4. The maximum Gasteiger partial charge on any atom is 0.507 e. The molecule has 1 aromatic carbocycles. The van der Waals surface area contributed by atoms with Crippen molar-refractivity contribution in [2.75, 3.05) is 20.8 Å². The first kappa shape index (κ1) is 11.4. The van der Waals surface area contributed by atoms with Gasteiger partial charge in [0.15, 0.2) is 0 Å². The number of hydrogen-bond donors (Lipinski definition) is 0. The van der Waals surface area contributed by atoms with E-state index < -0.39 is 6.16 Å². The molecule has 0 spiro atoms. The van der Waals surface area contributed by atoms with Crippen LogP contribution in [0.25, 0.3) is 0 Å². The number of carbonyl (C=O) groups excluding carboxylic acids is 1. The highest BCUT2D eigenvalue weighted by atomic mass is 16.7. The van der Waals surface area contributed by atoms with Crippen molar-refractivity contribution in [1.82, 2.24) is 0 Å². The third-order valence-electron chi connectivity index (χ3n) is 1.91. The van der Waals surface area contributed by atoms with Gasteiger partial charge < -0.3 is 14.2 Å². The van der Waals surface area contributed by atoms with Crippen LogP contribution in [-0.4, -0.2) is 27.0 Å². The lowest BCUT2D eigenvalue weighted by atomic mass is 10.1. The van der Waals surface area contributed by atoms with Gasteiger partial charge in [-0.25, -0.2) is 4.79 Å². The van der Waals surface area contributed by atoms with Gasteiger partial charge >= 0.3 is 6.16 Å². The van der Waals surface area contributed by atoms with Crippen LogP contribution in [-0.2, 0) is 15.9 Å². The second kappa shape index (κ2) is 5.90. The summed E-state index contributed by atoms with van der Waals surface area (Å²) < 4.78 is 14.2. The highest BCUT2D eigenvalue weighted by molar-refractivity contribution is 5.59. The molecule has 0 saturated heterocycles. The van der Waals surface area contributed by atoms with Crippen LogP contribution in [0.5, 0.6) is 5.75 Å². The predicted octanol–water partition coefficient (Wildman–Crippen LogP) is 2.02. The number of benzene rings is 1. The van der Waals surface area contributed by atoms with E-state index in [1.807, 2.05) is 24.3 Å². The van der Waals surface area contributed by atoms with E-state index >= 15 is 0 Å². The Kier molecular flexibility index (Phi) is 4.47. The summed E-state index contributed by atoms with van der Waals surface area (Å²) in [7, 11) is 2.90. The van der Waals surface area contributed by atoms with Crippen LogP contribution in [0.2, 0.25) is 0 Å². The van der Waals surface area contributed by atoms with Crippen LogP contribution in [0.1, 0.15) is 5.56 Å². The predicted molar refractivity (Wildman–Crippen MR) is 55.1 cm³/mol. The average Bonchev–Trinajstić information content (AvgIpc) is 2.29. The molecule has 0 N–H and O–H groups in total. The van der Waals surface area contributed by atoms with E-state index in [1.54, 1.807) is 7.11 Å². The summed E-state index contributed by atoms with van der Waals surface area (Å²) in [4.78, 5) is 10.7. The Balaban J connectivity index is 2.40. The molecule has 0 aliphatic carbocycles. The fourth-order valence-electron chi connectivity index (χ4n) is 1.14. The van der Waals surface area contributed by atoms with E-state index in [4.69, 9.17) is 9.47 Å². The van der Waals surface area contributed by atoms with Gasteiger partial charge in [0.2, 0.25) is 0 Å².